The summed E-state index contributed by atoms with van der Waals surface area (Å²) in [7, 11) is 0. The summed E-state index contributed by atoms with van der Waals surface area (Å²) in [6.45, 7) is 3.90. The van der Waals surface area contributed by atoms with Gasteiger partial charge in [0, 0.05) is 31.4 Å². The quantitative estimate of drug-likeness (QED) is 0.830. The Kier molecular flexibility index (Phi) is 4.71. The smallest absolute Gasteiger partial charge is 0.345 e. The maximum absolute atomic E-state index is 12.9. The molecule has 146 valence electrons. The normalized spacial score (nSPS) is 24.1. The first-order valence-corrected chi connectivity index (χ1v) is 10.3. The summed E-state index contributed by atoms with van der Waals surface area (Å²) < 4.78 is 6.15. The van der Waals surface area contributed by atoms with E-state index in [1.807, 2.05) is 4.90 Å². The minimum atomic E-state index is -0.900. The summed E-state index contributed by atoms with van der Waals surface area (Å²) in [6, 6.07) is 1.44. The highest BCUT2D eigenvalue weighted by Crippen LogP contribution is 2.45. The van der Waals surface area contributed by atoms with Crippen LogP contribution in [0.4, 0.5) is 0 Å². The molecule has 7 nitrogen and oxygen atoms in total. The highest BCUT2D eigenvalue weighted by Gasteiger charge is 2.45. The van der Waals surface area contributed by atoms with E-state index in [9.17, 15) is 19.5 Å². The Morgan fingerprint density at radius 3 is 2.67 bits per heavy atom. The van der Waals surface area contributed by atoms with E-state index in [1.165, 1.54) is 18.3 Å². The molecule has 4 rings (SSSR count). The number of likely N-dealkylation sites (tertiary alicyclic amines) is 2. The zero-order chi connectivity index (χ0) is 19.2. The summed E-state index contributed by atoms with van der Waals surface area (Å²) in [5.74, 6) is -0.909. The molecule has 1 spiro atoms. The molecule has 0 aromatic carbocycles. The van der Waals surface area contributed by atoms with Crippen LogP contribution >= 0.6 is 11.3 Å². The molecule has 2 amide bonds. The highest BCUT2D eigenvalue weighted by molar-refractivity contribution is 7.14. The molecule has 1 atom stereocenters. The van der Waals surface area contributed by atoms with Crippen LogP contribution in [0.5, 0.6) is 0 Å². The molecule has 1 aromatic heterocycles. The lowest BCUT2D eigenvalue weighted by Crippen LogP contribution is -2.53. The Morgan fingerprint density at radius 2 is 2.00 bits per heavy atom. The molecule has 1 unspecified atom stereocenters. The Hall–Kier alpha value is -1.93. The van der Waals surface area contributed by atoms with Crippen molar-refractivity contribution >= 4 is 29.1 Å². The van der Waals surface area contributed by atoms with Crippen LogP contribution in [0.2, 0.25) is 0 Å². The second-order valence-corrected chi connectivity index (χ2v) is 8.61. The number of carboxylic acid groups (broad SMARTS) is 1. The molecular formula is C19H24N2O5S. The first kappa shape index (κ1) is 18.4. The molecule has 2 saturated heterocycles. The summed E-state index contributed by atoms with van der Waals surface area (Å²) in [5.41, 5.74) is 0.598. The van der Waals surface area contributed by atoms with Crippen LogP contribution in [0.3, 0.4) is 0 Å². The van der Waals surface area contributed by atoms with Crippen molar-refractivity contribution < 1.29 is 24.2 Å². The van der Waals surface area contributed by atoms with Gasteiger partial charge in [-0.2, -0.15) is 0 Å². The number of carbonyl (C=O) groups is 3. The van der Waals surface area contributed by atoms with Gasteiger partial charge in [-0.3, -0.25) is 9.59 Å². The highest BCUT2D eigenvalue weighted by atomic mass is 32.1. The van der Waals surface area contributed by atoms with Crippen LogP contribution in [0.25, 0.3) is 0 Å². The van der Waals surface area contributed by atoms with Gasteiger partial charge in [0.2, 0.25) is 11.8 Å². The maximum Gasteiger partial charge on any atom is 0.345 e. The fourth-order valence-electron chi connectivity index (χ4n) is 4.60. The fraction of sp³-hybridized carbons (Fsp3) is 0.632. The van der Waals surface area contributed by atoms with Crippen LogP contribution in [-0.2, 0) is 26.3 Å². The number of carboxylic acids is 1. The van der Waals surface area contributed by atoms with Crippen molar-refractivity contribution in [2.75, 3.05) is 26.2 Å². The third-order valence-electron chi connectivity index (χ3n) is 6.01. The van der Waals surface area contributed by atoms with Crippen molar-refractivity contribution in [3.8, 4) is 0 Å². The zero-order valence-electron chi connectivity index (χ0n) is 15.4. The maximum atomic E-state index is 12.9. The van der Waals surface area contributed by atoms with Gasteiger partial charge in [-0.1, -0.05) is 0 Å². The van der Waals surface area contributed by atoms with Crippen LogP contribution in [0.15, 0.2) is 6.07 Å². The van der Waals surface area contributed by atoms with E-state index in [-0.39, 0.29) is 17.9 Å². The molecule has 2 fully saturated rings. The van der Waals surface area contributed by atoms with E-state index in [1.54, 1.807) is 11.0 Å². The predicted molar refractivity (Wildman–Crippen MR) is 98.8 cm³/mol. The Morgan fingerprint density at radius 1 is 1.26 bits per heavy atom. The van der Waals surface area contributed by atoms with Crippen molar-refractivity contribution in [1.29, 1.82) is 0 Å². The molecule has 0 radical (unpaired) electrons. The van der Waals surface area contributed by atoms with E-state index in [0.29, 0.717) is 44.0 Å². The SMILES string of the molecule is CC(=O)N1CCCC1C(=O)N1CCC2(CC1)OCCc1cc(C(=O)O)sc12. The average Bonchev–Trinajstić information content (AvgIpc) is 3.30. The number of ether oxygens (including phenoxy) is 1. The van der Waals surface area contributed by atoms with E-state index in [0.717, 1.165) is 29.7 Å². The Labute approximate surface area is 161 Å². The van der Waals surface area contributed by atoms with Crippen molar-refractivity contribution in [2.45, 2.75) is 50.7 Å². The molecule has 1 aromatic rings. The molecule has 3 aliphatic heterocycles. The second-order valence-electron chi connectivity index (χ2n) is 7.56. The summed E-state index contributed by atoms with van der Waals surface area (Å²) in [6.07, 6.45) is 3.66. The summed E-state index contributed by atoms with van der Waals surface area (Å²) in [4.78, 5) is 41.0. The molecule has 8 heteroatoms. The molecule has 0 bridgehead atoms. The van der Waals surface area contributed by atoms with Crippen molar-refractivity contribution in [1.82, 2.24) is 9.80 Å². The van der Waals surface area contributed by atoms with Crippen molar-refractivity contribution in [3.05, 3.63) is 21.4 Å². The van der Waals surface area contributed by atoms with Crippen LogP contribution in [0, 0.1) is 0 Å². The lowest BCUT2D eigenvalue weighted by Gasteiger charge is -2.44. The number of hydrogen-bond acceptors (Lipinski definition) is 5. The fourth-order valence-corrected chi connectivity index (χ4v) is 5.85. The number of thiophene rings is 1. The van der Waals surface area contributed by atoms with E-state index in [4.69, 9.17) is 4.74 Å². The van der Waals surface area contributed by atoms with Gasteiger partial charge in [0.1, 0.15) is 16.5 Å². The van der Waals surface area contributed by atoms with Crippen LogP contribution < -0.4 is 0 Å². The summed E-state index contributed by atoms with van der Waals surface area (Å²) in [5, 5.41) is 9.31. The van der Waals surface area contributed by atoms with E-state index >= 15 is 0 Å². The summed E-state index contributed by atoms with van der Waals surface area (Å²) >= 11 is 1.31. The van der Waals surface area contributed by atoms with Gasteiger partial charge in [0.25, 0.3) is 0 Å². The monoisotopic (exact) mass is 392 g/mol. The van der Waals surface area contributed by atoms with Gasteiger partial charge >= 0.3 is 5.97 Å². The lowest BCUT2D eigenvalue weighted by atomic mass is 9.85. The molecule has 0 saturated carbocycles. The van der Waals surface area contributed by atoms with Crippen LogP contribution in [0.1, 0.15) is 52.7 Å². The Bertz CT molecular complexity index is 781. The van der Waals surface area contributed by atoms with Gasteiger partial charge in [-0.15, -0.1) is 11.3 Å². The Balaban J connectivity index is 1.49. The van der Waals surface area contributed by atoms with Crippen molar-refractivity contribution in [3.63, 3.8) is 0 Å². The third kappa shape index (κ3) is 3.14. The number of nitrogens with zero attached hydrogens (tertiary/aromatic N) is 2. The number of amides is 2. The van der Waals surface area contributed by atoms with Crippen LogP contribution in [-0.4, -0.2) is 65.0 Å². The lowest BCUT2D eigenvalue weighted by molar-refractivity contribution is -0.148. The predicted octanol–water partition coefficient (Wildman–Crippen LogP) is 1.85. The van der Waals surface area contributed by atoms with E-state index < -0.39 is 11.6 Å². The number of rotatable bonds is 2. The number of aromatic carboxylic acids is 1. The number of piperidine rings is 1. The molecule has 3 aliphatic rings. The first-order chi connectivity index (χ1) is 12.9. The number of hydrogen-bond donors (Lipinski definition) is 1. The first-order valence-electron chi connectivity index (χ1n) is 9.48. The standard InChI is InChI=1S/C19H24N2O5S/c1-12(22)21-7-2-3-14(21)17(23)20-8-5-19(6-9-20)16-13(4-10-26-19)11-15(27-16)18(24)25/h11,14H,2-10H2,1H3,(H,24,25). The average molecular weight is 392 g/mol. The minimum absolute atomic E-state index is 0.0333. The largest absolute Gasteiger partial charge is 0.477 e. The molecule has 27 heavy (non-hydrogen) atoms. The molecule has 4 heterocycles. The number of fused-ring (bicyclic) bond motifs is 2. The molecule has 0 aliphatic carbocycles. The molecular weight excluding hydrogens is 368 g/mol. The van der Waals surface area contributed by atoms with E-state index in [2.05, 4.69) is 0 Å². The number of carbonyl (C=O) groups excluding carboxylic acids is 2. The molecule has 1 N–H and O–H groups in total. The van der Waals surface area contributed by atoms with Gasteiger partial charge in [0.05, 0.1) is 6.61 Å². The second kappa shape index (κ2) is 6.91. The van der Waals surface area contributed by atoms with Gasteiger partial charge < -0.3 is 19.6 Å². The third-order valence-corrected chi connectivity index (χ3v) is 7.36. The topological polar surface area (TPSA) is 87.2 Å². The van der Waals surface area contributed by atoms with Gasteiger partial charge in [0.15, 0.2) is 0 Å². The zero-order valence-corrected chi connectivity index (χ0v) is 16.2. The van der Waals surface area contributed by atoms with Gasteiger partial charge in [-0.25, -0.2) is 4.79 Å². The van der Waals surface area contributed by atoms with Crippen molar-refractivity contribution in [2.24, 2.45) is 0 Å². The van der Waals surface area contributed by atoms with Gasteiger partial charge in [-0.05, 0) is 43.7 Å². The minimum Gasteiger partial charge on any atom is -0.477 e.